The van der Waals surface area contributed by atoms with Crippen LogP contribution >= 0.6 is 0 Å². The summed E-state index contributed by atoms with van der Waals surface area (Å²) in [5.41, 5.74) is 7.68. The number of amides is 2. The van der Waals surface area contributed by atoms with Gasteiger partial charge in [-0.1, -0.05) is 30.3 Å². The summed E-state index contributed by atoms with van der Waals surface area (Å²) in [4.78, 5) is 34.5. The Bertz CT molecular complexity index is 768. The molecule has 2 N–H and O–H groups in total. The molecule has 1 saturated heterocycles. The summed E-state index contributed by atoms with van der Waals surface area (Å²) in [7, 11) is 0. The van der Waals surface area contributed by atoms with Gasteiger partial charge < -0.3 is 10.6 Å². The number of carbonyl (C=O) groups is 2. The molecule has 0 atom stereocenters. The minimum absolute atomic E-state index is 0.0771. The predicted octanol–water partition coefficient (Wildman–Crippen LogP) is 1.71. The van der Waals surface area contributed by atoms with Crippen molar-refractivity contribution in [2.75, 3.05) is 13.1 Å². The van der Waals surface area contributed by atoms with E-state index in [2.05, 4.69) is 9.97 Å². The number of likely N-dealkylation sites (tertiary alicyclic amines) is 1. The Balaban J connectivity index is 1.68. The van der Waals surface area contributed by atoms with Crippen molar-refractivity contribution in [3.63, 3.8) is 0 Å². The Hall–Kier alpha value is -2.76. The van der Waals surface area contributed by atoms with Gasteiger partial charge in [-0.05, 0) is 25.3 Å². The molecule has 0 bridgehead atoms. The molecule has 6 heteroatoms. The van der Waals surface area contributed by atoms with E-state index in [-0.39, 0.29) is 17.7 Å². The fourth-order valence-corrected chi connectivity index (χ4v) is 3.13. The number of aryl methyl sites for hydroxylation is 1. The van der Waals surface area contributed by atoms with Crippen LogP contribution in [0, 0.1) is 12.8 Å². The van der Waals surface area contributed by atoms with Crippen molar-refractivity contribution >= 4 is 11.8 Å². The van der Waals surface area contributed by atoms with E-state index in [0.717, 1.165) is 5.56 Å². The third-order valence-corrected chi connectivity index (χ3v) is 4.65. The molecule has 130 valence electrons. The lowest BCUT2D eigenvalue weighted by Crippen LogP contribution is -2.42. The Morgan fingerprint density at radius 3 is 2.48 bits per heavy atom. The van der Waals surface area contributed by atoms with Gasteiger partial charge in [0.15, 0.2) is 0 Å². The van der Waals surface area contributed by atoms with Gasteiger partial charge >= 0.3 is 0 Å². The summed E-state index contributed by atoms with van der Waals surface area (Å²) in [6.07, 6.45) is 3.49. The fraction of sp³-hybridized carbons (Fsp3) is 0.368. The van der Waals surface area contributed by atoms with E-state index in [0.29, 0.717) is 49.4 Å². The molecule has 1 aromatic carbocycles. The smallest absolute Gasteiger partial charge is 0.257 e. The lowest BCUT2D eigenvalue weighted by Gasteiger charge is -2.30. The summed E-state index contributed by atoms with van der Waals surface area (Å²) in [5, 5.41) is 0. The second-order valence-electron chi connectivity index (χ2n) is 6.42. The molecule has 2 amide bonds. The molecule has 0 unspecified atom stereocenters. The summed E-state index contributed by atoms with van der Waals surface area (Å²) >= 11 is 0. The summed E-state index contributed by atoms with van der Waals surface area (Å²) in [5.74, 6) is 0.214. The minimum Gasteiger partial charge on any atom is -0.369 e. The maximum atomic E-state index is 12.7. The molecule has 2 heterocycles. The van der Waals surface area contributed by atoms with Gasteiger partial charge in [-0.25, -0.2) is 9.97 Å². The van der Waals surface area contributed by atoms with Crippen LogP contribution in [0.5, 0.6) is 0 Å². The number of benzene rings is 1. The number of piperidine rings is 1. The van der Waals surface area contributed by atoms with Gasteiger partial charge in [0.25, 0.3) is 5.91 Å². The van der Waals surface area contributed by atoms with Crippen LogP contribution in [0.2, 0.25) is 0 Å². The molecule has 0 radical (unpaired) electrons. The largest absolute Gasteiger partial charge is 0.369 e. The molecule has 6 nitrogen and oxygen atoms in total. The maximum Gasteiger partial charge on any atom is 0.257 e. The average molecular weight is 338 g/mol. The van der Waals surface area contributed by atoms with Crippen molar-refractivity contribution in [1.29, 1.82) is 0 Å². The van der Waals surface area contributed by atoms with E-state index in [1.54, 1.807) is 11.1 Å². The van der Waals surface area contributed by atoms with E-state index >= 15 is 0 Å². The number of carbonyl (C=O) groups excluding carboxylic acids is 2. The number of nitrogens with zero attached hydrogens (tertiary/aromatic N) is 3. The lowest BCUT2D eigenvalue weighted by atomic mass is 9.96. The molecule has 0 aliphatic carbocycles. The molecule has 0 saturated carbocycles. The van der Waals surface area contributed by atoms with Crippen molar-refractivity contribution in [3.8, 4) is 0 Å². The van der Waals surface area contributed by atoms with Crippen molar-refractivity contribution in [3.05, 3.63) is 59.2 Å². The van der Waals surface area contributed by atoms with Crippen molar-refractivity contribution in [1.82, 2.24) is 14.9 Å². The molecular weight excluding hydrogens is 316 g/mol. The molecule has 1 aromatic heterocycles. The quantitative estimate of drug-likeness (QED) is 0.919. The lowest BCUT2D eigenvalue weighted by molar-refractivity contribution is -0.123. The fourth-order valence-electron chi connectivity index (χ4n) is 3.13. The third kappa shape index (κ3) is 4.02. The SMILES string of the molecule is Cc1nc(Cc2ccccc2)ncc1C(=O)N1CCC(C(N)=O)CC1. The van der Waals surface area contributed by atoms with E-state index in [9.17, 15) is 9.59 Å². The first kappa shape index (κ1) is 17.1. The number of hydrogen-bond donors (Lipinski definition) is 1. The van der Waals surface area contributed by atoms with Crippen molar-refractivity contribution < 1.29 is 9.59 Å². The average Bonchev–Trinajstić information content (AvgIpc) is 2.62. The van der Waals surface area contributed by atoms with Gasteiger partial charge in [0.1, 0.15) is 5.82 Å². The highest BCUT2D eigenvalue weighted by Gasteiger charge is 2.27. The topological polar surface area (TPSA) is 89.2 Å². The number of aromatic nitrogens is 2. The highest BCUT2D eigenvalue weighted by Crippen LogP contribution is 2.19. The molecular formula is C19H22N4O2. The van der Waals surface area contributed by atoms with Crippen molar-refractivity contribution in [2.45, 2.75) is 26.2 Å². The second-order valence-corrected chi connectivity index (χ2v) is 6.42. The summed E-state index contributed by atoms with van der Waals surface area (Å²) in [6, 6.07) is 9.99. The Morgan fingerprint density at radius 2 is 1.88 bits per heavy atom. The zero-order valence-electron chi connectivity index (χ0n) is 14.3. The number of nitrogens with two attached hydrogens (primary N) is 1. The highest BCUT2D eigenvalue weighted by molar-refractivity contribution is 5.95. The maximum absolute atomic E-state index is 12.7. The monoisotopic (exact) mass is 338 g/mol. The third-order valence-electron chi connectivity index (χ3n) is 4.65. The van der Waals surface area contributed by atoms with Gasteiger partial charge in [-0.2, -0.15) is 0 Å². The van der Waals surface area contributed by atoms with Crippen LogP contribution in [0.1, 0.15) is 40.3 Å². The number of rotatable bonds is 4. The minimum atomic E-state index is -0.281. The summed E-state index contributed by atoms with van der Waals surface area (Å²) in [6.45, 7) is 2.91. The first-order chi connectivity index (χ1) is 12.0. The van der Waals surface area contributed by atoms with E-state index < -0.39 is 0 Å². The Kier molecular flexibility index (Phi) is 5.07. The van der Waals surface area contributed by atoms with Gasteiger partial charge in [0.05, 0.1) is 11.3 Å². The predicted molar refractivity (Wildman–Crippen MR) is 93.8 cm³/mol. The van der Waals surface area contributed by atoms with Crippen LogP contribution in [-0.2, 0) is 11.2 Å². The molecule has 1 aliphatic heterocycles. The first-order valence-corrected chi connectivity index (χ1v) is 8.49. The molecule has 25 heavy (non-hydrogen) atoms. The normalized spacial score (nSPS) is 15.2. The first-order valence-electron chi connectivity index (χ1n) is 8.49. The highest BCUT2D eigenvalue weighted by atomic mass is 16.2. The van der Waals surface area contributed by atoms with Crippen molar-refractivity contribution in [2.24, 2.45) is 11.7 Å². The van der Waals surface area contributed by atoms with Crippen LogP contribution in [0.25, 0.3) is 0 Å². The Labute approximate surface area is 147 Å². The van der Waals surface area contributed by atoms with Crippen LogP contribution in [0.15, 0.2) is 36.5 Å². The van der Waals surface area contributed by atoms with Crippen LogP contribution in [0.4, 0.5) is 0 Å². The van der Waals surface area contributed by atoms with Crippen LogP contribution in [0.3, 0.4) is 0 Å². The van der Waals surface area contributed by atoms with Gasteiger partial charge in [-0.3, -0.25) is 9.59 Å². The second kappa shape index (κ2) is 7.42. The molecule has 1 fully saturated rings. The molecule has 3 rings (SSSR count). The summed E-state index contributed by atoms with van der Waals surface area (Å²) < 4.78 is 0. The zero-order chi connectivity index (χ0) is 17.8. The van der Waals surface area contributed by atoms with Crippen LogP contribution < -0.4 is 5.73 Å². The van der Waals surface area contributed by atoms with E-state index in [4.69, 9.17) is 5.73 Å². The molecule has 0 spiro atoms. The number of hydrogen-bond acceptors (Lipinski definition) is 4. The van der Waals surface area contributed by atoms with E-state index in [1.165, 1.54) is 0 Å². The molecule has 1 aliphatic rings. The van der Waals surface area contributed by atoms with Gasteiger partial charge in [-0.15, -0.1) is 0 Å². The zero-order valence-corrected chi connectivity index (χ0v) is 14.3. The van der Waals surface area contributed by atoms with E-state index in [1.807, 2.05) is 37.3 Å². The van der Waals surface area contributed by atoms with Gasteiger partial charge in [0.2, 0.25) is 5.91 Å². The number of primary amides is 1. The Morgan fingerprint density at radius 1 is 1.20 bits per heavy atom. The van der Waals surface area contributed by atoms with Crippen LogP contribution in [-0.4, -0.2) is 39.8 Å². The molecule has 2 aromatic rings. The standard InChI is InChI=1S/C19H22N4O2/c1-13-16(19(25)23-9-7-15(8-10-23)18(20)24)12-21-17(22-13)11-14-5-3-2-4-6-14/h2-6,12,15H,7-11H2,1H3,(H2,20,24). The van der Waals surface area contributed by atoms with Gasteiger partial charge in [0, 0.05) is 31.6 Å².